The van der Waals surface area contributed by atoms with Crippen LogP contribution in [0.2, 0.25) is 0 Å². The van der Waals surface area contributed by atoms with E-state index in [0.717, 1.165) is 48.8 Å². The van der Waals surface area contributed by atoms with Crippen molar-refractivity contribution in [2.75, 3.05) is 0 Å². The molecule has 0 amide bonds. The third kappa shape index (κ3) is 5.58. The van der Waals surface area contributed by atoms with Gasteiger partial charge in [0.15, 0.2) is 5.78 Å². The van der Waals surface area contributed by atoms with Gasteiger partial charge in [-0.05, 0) is 54.7 Å². The molecule has 0 N–H and O–H groups in total. The average Bonchev–Trinajstić information content (AvgIpc) is 2.81. The molecule has 2 unspecified atom stereocenters. The van der Waals surface area contributed by atoms with E-state index in [1.807, 2.05) is 60.7 Å². The van der Waals surface area contributed by atoms with Crippen LogP contribution in [0, 0.1) is 5.92 Å². The fraction of sp³-hybridized carbons (Fsp3) is 0.310. The molecule has 2 nitrogen and oxygen atoms in total. The van der Waals surface area contributed by atoms with Gasteiger partial charge in [-0.25, -0.2) is 0 Å². The van der Waals surface area contributed by atoms with Gasteiger partial charge >= 0.3 is 0 Å². The van der Waals surface area contributed by atoms with Gasteiger partial charge in [-0.2, -0.15) is 0 Å². The lowest BCUT2D eigenvalue weighted by Gasteiger charge is -2.31. The molecule has 3 aromatic rings. The molecule has 0 saturated heterocycles. The van der Waals surface area contributed by atoms with Gasteiger partial charge in [0.05, 0.1) is 0 Å². The topological polar surface area (TPSA) is 34.1 Å². The highest BCUT2D eigenvalue weighted by molar-refractivity contribution is 5.97. The number of hydrogen-bond donors (Lipinski definition) is 0. The van der Waals surface area contributed by atoms with Gasteiger partial charge in [0.2, 0.25) is 0 Å². The lowest BCUT2D eigenvalue weighted by Crippen LogP contribution is -2.26. The molecule has 1 saturated carbocycles. The molecule has 2 atom stereocenters. The van der Waals surface area contributed by atoms with Crippen LogP contribution in [0.25, 0.3) is 0 Å². The normalized spacial score (nSPS) is 18.6. The zero-order valence-electron chi connectivity index (χ0n) is 18.0. The highest BCUT2D eigenvalue weighted by atomic mass is 16.1. The minimum absolute atomic E-state index is 0.0252. The molecule has 4 rings (SSSR count). The summed E-state index contributed by atoms with van der Waals surface area (Å²) in [5.74, 6) is 0.852. The Labute approximate surface area is 185 Å². The number of ketones is 2. The third-order valence-electron chi connectivity index (χ3n) is 6.50. The molecule has 0 spiro atoms. The summed E-state index contributed by atoms with van der Waals surface area (Å²) in [5.41, 5.74) is 4.18. The maximum atomic E-state index is 12.8. The summed E-state index contributed by atoms with van der Waals surface area (Å²) >= 11 is 0. The van der Waals surface area contributed by atoms with Crippen molar-refractivity contribution in [1.29, 1.82) is 0 Å². The molecule has 1 fully saturated rings. The van der Waals surface area contributed by atoms with Crippen molar-refractivity contribution in [3.8, 4) is 0 Å². The van der Waals surface area contributed by atoms with Gasteiger partial charge in [0.1, 0.15) is 5.78 Å². The third-order valence-corrected chi connectivity index (χ3v) is 6.50. The Balaban J connectivity index is 1.41. The van der Waals surface area contributed by atoms with Gasteiger partial charge in [-0.3, -0.25) is 9.59 Å². The molecule has 0 heterocycles. The van der Waals surface area contributed by atoms with Crippen molar-refractivity contribution < 1.29 is 9.59 Å². The van der Waals surface area contributed by atoms with Gasteiger partial charge in [0.25, 0.3) is 0 Å². The first-order valence-electron chi connectivity index (χ1n) is 11.4. The highest BCUT2D eigenvalue weighted by Gasteiger charge is 2.32. The van der Waals surface area contributed by atoms with E-state index in [0.29, 0.717) is 24.5 Å². The molecule has 31 heavy (non-hydrogen) atoms. The Morgan fingerprint density at radius 3 is 2.13 bits per heavy atom. The highest BCUT2D eigenvalue weighted by Crippen LogP contribution is 2.38. The first kappa shape index (κ1) is 21.2. The molecular formula is C29H30O2. The number of aryl methyl sites for hydroxylation is 1. The molecular weight excluding hydrogens is 380 g/mol. The molecule has 0 bridgehead atoms. The number of carbonyl (C=O) groups is 2. The van der Waals surface area contributed by atoms with Crippen molar-refractivity contribution in [2.24, 2.45) is 5.92 Å². The van der Waals surface area contributed by atoms with Gasteiger partial charge < -0.3 is 0 Å². The summed E-state index contributed by atoms with van der Waals surface area (Å²) in [6.45, 7) is 0. The van der Waals surface area contributed by atoms with Crippen LogP contribution in [0.3, 0.4) is 0 Å². The second-order valence-corrected chi connectivity index (χ2v) is 8.68. The van der Waals surface area contributed by atoms with E-state index >= 15 is 0 Å². The average molecular weight is 411 g/mol. The Morgan fingerprint density at radius 2 is 1.45 bits per heavy atom. The van der Waals surface area contributed by atoms with Gasteiger partial charge in [-0.15, -0.1) is 0 Å². The fourth-order valence-electron chi connectivity index (χ4n) is 4.87. The summed E-state index contributed by atoms with van der Waals surface area (Å²) in [6.07, 6.45) is 6.43. The van der Waals surface area contributed by atoms with Crippen LogP contribution in [0.1, 0.15) is 65.1 Å². The number of benzene rings is 3. The predicted molar refractivity (Wildman–Crippen MR) is 125 cm³/mol. The summed E-state index contributed by atoms with van der Waals surface area (Å²) in [5, 5.41) is 0. The maximum Gasteiger partial charge on any atom is 0.167 e. The van der Waals surface area contributed by atoms with Crippen molar-refractivity contribution in [1.82, 2.24) is 0 Å². The number of rotatable bonds is 8. The number of Topliss-reactive ketones (excluding diaryl/α,β-unsaturated/α-hetero) is 2. The quantitative estimate of drug-likeness (QED) is 0.393. The second-order valence-electron chi connectivity index (χ2n) is 8.68. The smallest absolute Gasteiger partial charge is 0.167 e. The summed E-state index contributed by atoms with van der Waals surface area (Å²) in [6, 6.07) is 28.2. The van der Waals surface area contributed by atoms with Crippen LogP contribution >= 0.6 is 0 Å². The maximum absolute atomic E-state index is 12.8. The van der Waals surface area contributed by atoms with Crippen LogP contribution in [-0.4, -0.2) is 11.6 Å². The number of carbonyl (C=O) groups excluding carboxylic acids is 2. The summed E-state index contributed by atoms with van der Waals surface area (Å²) in [4.78, 5) is 25.5. The Hall–Kier alpha value is -3.00. The van der Waals surface area contributed by atoms with Crippen molar-refractivity contribution in [3.05, 3.63) is 107 Å². The molecule has 1 aliphatic carbocycles. The van der Waals surface area contributed by atoms with Crippen molar-refractivity contribution in [3.63, 3.8) is 0 Å². The number of hydrogen-bond acceptors (Lipinski definition) is 2. The Morgan fingerprint density at radius 1 is 0.806 bits per heavy atom. The molecule has 0 aromatic heterocycles. The standard InChI is InChI=1S/C29H30O2/c30-27-16-8-15-25(14-7-13-22-9-3-1-4-10-22)29(27)26-19-17-24(18-20-26)28(31)21-23-11-5-2-6-12-23/h1-6,9-12,17-20,25,29H,7-8,13-16,21H2. The second kappa shape index (κ2) is 10.3. The lowest BCUT2D eigenvalue weighted by atomic mass is 9.72. The van der Waals surface area contributed by atoms with E-state index < -0.39 is 0 Å². The lowest BCUT2D eigenvalue weighted by molar-refractivity contribution is -0.123. The molecule has 2 heteroatoms. The molecule has 0 radical (unpaired) electrons. The summed E-state index contributed by atoms with van der Waals surface area (Å²) < 4.78 is 0. The van der Waals surface area contributed by atoms with Gasteiger partial charge in [0, 0.05) is 24.3 Å². The van der Waals surface area contributed by atoms with Crippen LogP contribution < -0.4 is 0 Å². The Kier molecular flexibility index (Phi) is 7.09. The zero-order chi connectivity index (χ0) is 21.5. The fourth-order valence-corrected chi connectivity index (χ4v) is 4.87. The molecule has 3 aromatic carbocycles. The van der Waals surface area contributed by atoms with Crippen LogP contribution in [0.5, 0.6) is 0 Å². The van der Waals surface area contributed by atoms with E-state index in [2.05, 4.69) is 24.3 Å². The van der Waals surface area contributed by atoms with E-state index in [4.69, 9.17) is 0 Å². The molecule has 158 valence electrons. The SMILES string of the molecule is O=C(Cc1ccccc1)c1ccc(C2C(=O)CCCC2CCCc2ccccc2)cc1. The summed E-state index contributed by atoms with van der Waals surface area (Å²) in [7, 11) is 0. The molecule has 0 aliphatic heterocycles. The largest absolute Gasteiger partial charge is 0.299 e. The van der Waals surface area contributed by atoms with Crippen LogP contribution in [0.4, 0.5) is 0 Å². The van der Waals surface area contributed by atoms with Crippen LogP contribution in [0.15, 0.2) is 84.9 Å². The Bertz CT molecular complexity index is 990. The first-order valence-corrected chi connectivity index (χ1v) is 11.4. The van der Waals surface area contributed by atoms with E-state index in [-0.39, 0.29) is 11.7 Å². The van der Waals surface area contributed by atoms with E-state index in [1.54, 1.807) is 0 Å². The predicted octanol–water partition coefficient (Wildman–Crippen LogP) is 6.59. The zero-order valence-corrected chi connectivity index (χ0v) is 18.0. The van der Waals surface area contributed by atoms with Crippen LogP contribution in [-0.2, 0) is 17.6 Å². The molecule has 1 aliphatic rings. The van der Waals surface area contributed by atoms with E-state index in [1.165, 1.54) is 5.56 Å². The van der Waals surface area contributed by atoms with Crippen molar-refractivity contribution >= 4 is 11.6 Å². The minimum Gasteiger partial charge on any atom is -0.299 e. The van der Waals surface area contributed by atoms with Crippen molar-refractivity contribution in [2.45, 2.75) is 50.9 Å². The first-order chi connectivity index (χ1) is 15.2. The monoisotopic (exact) mass is 410 g/mol. The van der Waals surface area contributed by atoms with E-state index in [9.17, 15) is 9.59 Å². The minimum atomic E-state index is -0.0252. The van der Waals surface area contributed by atoms with Gasteiger partial charge in [-0.1, -0.05) is 84.9 Å².